The Morgan fingerprint density at radius 2 is 1.89 bits per heavy atom. The molecule has 0 amide bonds. The Hall–Kier alpha value is -2.56. The summed E-state index contributed by atoms with van der Waals surface area (Å²) in [6.45, 7) is 0. The number of aromatic nitrogens is 3. The van der Waals surface area contributed by atoms with Gasteiger partial charge in [-0.3, -0.25) is 9.78 Å². The van der Waals surface area contributed by atoms with Gasteiger partial charge < -0.3 is 0 Å². The summed E-state index contributed by atoms with van der Waals surface area (Å²) >= 11 is 0. The lowest BCUT2D eigenvalue weighted by Crippen LogP contribution is -2.09. The van der Waals surface area contributed by atoms with Crippen LogP contribution in [0.5, 0.6) is 0 Å². The molecule has 0 fully saturated rings. The molecule has 0 bridgehead atoms. The minimum Gasteiger partial charge on any atom is -0.267 e. The number of aromatic amines is 1. The van der Waals surface area contributed by atoms with Gasteiger partial charge in [0.05, 0.1) is 11.6 Å². The van der Waals surface area contributed by atoms with Crippen molar-refractivity contribution in [2.45, 2.75) is 0 Å². The Bertz CT molecular complexity index is 782. The Morgan fingerprint density at radius 1 is 1.11 bits per heavy atom. The SMILES string of the molecule is O=c1[nH]nc(-c2cncc(F)c2)c2ccccc12. The van der Waals surface area contributed by atoms with Crippen LogP contribution in [-0.2, 0) is 0 Å². The molecule has 0 aliphatic carbocycles. The summed E-state index contributed by atoms with van der Waals surface area (Å²) in [7, 11) is 0. The number of halogens is 1. The Kier molecular flexibility index (Phi) is 2.37. The lowest BCUT2D eigenvalue weighted by atomic mass is 10.1. The van der Waals surface area contributed by atoms with Crippen LogP contribution in [0.4, 0.5) is 4.39 Å². The maximum atomic E-state index is 13.2. The molecular formula is C13H8FN3O. The Balaban J connectivity index is 2.37. The third-order valence-corrected chi connectivity index (χ3v) is 2.67. The zero-order valence-corrected chi connectivity index (χ0v) is 9.22. The molecule has 0 unspecified atom stereocenters. The van der Waals surface area contributed by atoms with Crippen molar-refractivity contribution in [3.63, 3.8) is 0 Å². The van der Waals surface area contributed by atoms with Crippen LogP contribution in [0.15, 0.2) is 47.5 Å². The van der Waals surface area contributed by atoms with E-state index in [1.165, 1.54) is 12.3 Å². The molecule has 0 saturated heterocycles. The molecule has 88 valence electrons. The van der Waals surface area contributed by atoms with Gasteiger partial charge in [-0.05, 0) is 12.1 Å². The molecule has 0 atom stereocenters. The number of hydrogen-bond acceptors (Lipinski definition) is 3. The first kappa shape index (κ1) is 10.6. The first-order valence-corrected chi connectivity index (χ1v) is 5.34. The van der Waals surface area contributed by atoms with Gasteiger partial charge in [0.2, 0.25) is 0 Å². The van der Waals surface area contributed by atoms with E-state index in [2.05, 4.69) is 15.2 Å². The standard InChI is InChI=1S/C13H8FN3O/c14-9-5-8(6-15-7-9)12-10-3-1-2-4-11(10)13(18)17-16-12/h1-7H,(H,17,18). The van der Waals surface area contributed by atoms with Gasteiger partial charge in [0.25, 0.3) is 5.56 Å². The van der Waals surface area contributed by atoms with Crippen LogP contribution in [-0.4, -0.2) is 15.2 Å². The number of pyridine rings is 1. The number of nitrogens with zero attached hydrogens (tertiary/aromatic N) is 2. The van der Waals surface area contributed by atoms with Gasteiger partial charge in [-0.2, -0.15) is 5.10 Å². The highest BCUT2D eigenvalue weighted by Gasteiger charge is 2.08. The number of fused-ring (bicyclic) bond motifs is 1. The average molecular weight is 241 g/mol. The van der Waals surface area contributed by atoms with E-state index in [4.69, 9.17) is 0 Å². The molecule has 0 saturated carbocycles. The van der Waals surface area contributed by atoms with E-state index < -0.39 is 5.82 Å². The lowest BCUT2D eigenvalue weighted by molar-refractivity contribution is 0.622. The van der Waals surface area contributed by atoms with E-state index in [-0.39, 0.29) is 5.56 Å². The average Bonchev–Trinajstić information content (AvgIpc) is 2.39. The molecule has 4 nitrogen and oxygen atoms in total. The molecule has 2 aromatic heterocycles. The maximum Gasteiger partial charge on any atom is 0.272 e. The van der Waals surface area contributed by atoms with Gasteiger partial charge in [-0.15, -0.1) is 0 Å². The van der Waals surface area contributed by atoms with Crippen molar-refractivity contribution in [2.24, 2.45) is 0 Å². The molecule has 5 heteroatoms. The van der Waals surface area contributed by atoms with Crippen LogP contribution in [0.25, 0.3) is 22.0 Å². The minimum absolute atomic E-state index is 0.265. The number of rotatable bonds is 1. The third-order valence-electron chi connectivity index (χ3n) is 2.67. The minimum atomic E-state index is -0.440. The summed E-state index contributed by atoms with van der Waals surface area (Å²) in [6, 6.07) is 8.38. The summed E-state index contributed by atoms with van der Waals surface area (Å²) in [5.41, 5.74) is 0.776. The summed E-state index contributed by atoms with van der Waals surface area (Å²) in [4.78, 5) is 15.4. The van der Waals surface area contributed by atoms with Crippen LogP contribution in [0.2, 0.25) is 0 Å². The second kappa shape index (κ2) is 4.03. The third kappa shape index (κ3) is 1.66. The number of hydrogen-bond donors (Lipinski definition) is 1. The highest BCUT2D eigenvalue weighted by molar-refractivity contribution is 5.93. The molecule has 0 spiro atoms. The monoisotopic (exact) mass is 241 g/mol. The Labute approximate surface area is 101 Å². The predicted octanol–water partition coefficient (Wildman–Crippen LogP) is 2.12. The smallest absolute Gasteiger partial charge is 0.267 e. The quantitative estimate of drug-likeness (QED) is 0.710. The van der Waals surface area contributed by atoms with Crippen LogP contribution >= 0.6 is 0 Å². The van der Waals surface area contributed by atoms with Crippen LogP contribution in [0.1, 0.15) is 0 Å². The van der Waals surface area contributed by atoms with E-state index in [9.17, 15) is 9.18 Å². The van der Waals surface area contributed by atoms with Gasteiger partial charge in [-0.1, -0.05) is 18.2 Å². The van der Waals surface area contributed by atoms with E-state index in [0.717, 1.165) is 6.20 Å². The molecule has 0 aliphatic rings. The zero-order valence-electron chi connectivity index (χ0n) is 9.22. The normalized spacial score (nSPS) is 10.7. The molecule has 1 N–H and O–H groups in total. The molecular weight excluding hydrogens is 233 g/mol. The van der Waals surface area contributed by atoms with Crippen LogP contribution in [0.3, 0.4) is 0 Å². The molecule has 3 aromatic rings. The highest BCUT2D eigenvalue weighted by Crippen LogP contribution is 2.23. The molecule has 0 radical (unpaired) electrons. The van der Waals surface area contributed by atoms with Gasteiger partial charge in [-0.25, -0.2) is 9.49 Å². The van der Waals surface area contributed by atoms with E-state index >= 15 is 0 Å². The van der Waals surface area contributed by atoms with Gasteiger partial charge >= 0.3 is 0 Å². The Morgan fingerprint density at radius 3 is 2.67 bits per heavy atom. The van der Waals surface area contributed by atoms with E-state index in [1.54, 1.807) is 24.3 Å². The number of H-pyrrole nitrogens is 1. The topological polar surface area (TPSA) is 58.6 Å². The molecule has 3 rings (SSSR count). The van der Waals surface area contributed by atoms with Gasteiger partial charge in [0.15, 0.2) is 0 Å². The summed E-state index contributed by atoms with van der Waals surface area (Å²) in [5, 5.41) is 7.57. The van der Waals surface area contributed by atoms with Crippen LogP contribution in [0, 0.1) is 5.82 Å². The van der Waals surface area contributed by atoms with Crippen molar-refractivity contribution in [3.8, 4) is 11.3 Å². The number of benzene rings is 1. The van der Waals surface area contributed by atoms with Crippen LogP contribution < -0.4 is 5.56 Å². The molecule has 2 heterocycles. The lowest BCUT2D eigenvalue weighted by Gasteiger charge is -2.04. The largest absolute Gasteiger partial charge is 0.272 e. The molecule has 18 heavy (non-hydrogen) atoms. The fourth-order valence-electron chi connectivity index (χ4n) is 1.88. The fourth-order valence-corrected chi connectivity index (χ4v) is 1.88. The van der Waals surface area contributed by atoms with Crippen molar-refractivity contribution in [1.29, 1.82) is 0 Å². The first-order chi connectivity index (χ1) is 8.75. The predicted molar refractivity (Wildman–Crippen MR) is 65.6 cm³/mol. The van der Waals surface area contributed by atoms with Gasteiger partial charge in [0.1, 0.15) is 11.5 Å². The highest BCUT2D eigenvalue weighted by atomic mass is 19.1. The van der Waals surface area contributed by atoms with Crippen molar-refractivity contribution in [3.05, 3.63) is 58.9 Å². The second-order valence-electron chi connectivity index (χ2n) is 3.84. The summed E-state index contributed by atoms with van der Waals surface area (Å²) in [6.07, 6.45) is 2.63. The molecule has 1 aromatic carbocycles. The first-order valence-electron chi connectivity index (χ1n) is 5.34. The maximum absolute atomic E-state index is 13.2. The van der Waals surface area contributed by atoms with Crippen molar-refractivity contribution in [2.75, 3.05) is 0 Å². The summed E-state index contributed by atoms with van der Waals surface area (Å²) in [5.74, 6) is -0.440. The number of nitrogens with one attached hydrogen (secondary N) is 1. The van der Waals surface area contributed by atoms with Crippen molar-refractivity contribution >= 4 is 10.8 Å². The summed E-state index contributed by atoms with van der Waals surface area (Å²) < 4.78 is 13.2. The molecule has 0 aliphatic heterocycles. The van der Waals surface area contributed by atoms with Gasteiger partial charge in [0, 0.05) is 17.1 Å². The van der Waals surface area contributed by atoms with Crippen molar-refractivity contribution in [1.82, 2.24) is 15.2 Å². The fraction of sp³-hybridized carbons (Fsp3) is 0. The zero-order chi connectivity index (χ0) is 12.5. The van der Waals surface area contributed by atoms with E-state index in [1.807, 2.05) is 0 Å². The van der Waals surface area contributed by atoms with Crippen molar-refractivity contribution < 1.29 is 4.39 Å². The van der Waals surface area contributed by atoms with E-state index in [0.29, 0.717) is 22.0 Å². The second-order valence-corrected chi connectivity index (χ2v) is 3.84.